The van der Waals surface area contributed by atoms with Crippen LogP contribution in [0.3, 0.4) is 0 Å². The Morgan fingerprint density at radius 1 is 0.542 bits per heavy atom. The summed E-state index contributed by atoms with van der Waals surface area (Å²) in [5, 5.41) is 0. The molecule has 4 heteroatoms. The zero-order chi connectivity index (χ0) is 16.1. The minimum atomic E-state index is 0. The molecule has 3 rings (SSSR count). The average molecular weight is 367 g/mol. The van der Waals surface area contributed by atoms with Crippen molar-refractivity contribution in [3.05, 3.63) is 58.7 Å². The van der Waals surface area contributed by atoms with E-state index in [4.69, 9.17) is 0 Å². The third kappa shape index (κ3) is 4.12. The molecule has 0 heterocycles. The Bertz CT molecular complexity index is 664. The first-order chi connectivity index (χ1) is 10.1. The number of quaternary nitrogens is 2. The lowest BCUT2D eigenvalue weighted by atomic mass is 9.85. The van der Waals surface area contributed by atoms with Gasteiger partial charge in [0.05, 0.1) is 42.3 Å². The molecule has 0 N–H and O–H groups in total. The van der Waals surface area contributed by atoms with E-state index in [1.807, 2.05) is 0 Å². The third-order valence-corrected chi connectivity index (χ3v) is 4.69. The van der Waals surface area contributed by atoms with E-state index < -0.39 is 0 Å². The summed E-state index contributed by atoms with van der Waals surface area (Å²) in [6, 6.07) is 14.0. The maximum absolute atomic E-state index is 2.40. The molecule has 0 atom stereocenters. The molecule has 1 aliphatic carbocycles. The van der Waals surface area contributed by atoms with Crippen molar-refractivity contribution in [3.8, 4) is 0 Å². The van der Waals surface area contributed by atoms with Crippen LogP contribution in [0.2, 0.25) is 0 Å². The monoisotopic (exact) mass is 366 g/mol. The number of nitrogens with zero attached hydrogens (tertiary/aromatic N) is 2. The number of benzene rings is 2. The second-order valence-electron chi connectivity index (χ2n) is 8.28. The SMILES string of the molecule is C[N+](C)(C)c1ccc2c(c1)Cc1cc([N+](C)(C)C)ccc1C2.[Cl-].[Cl-]. The summed E-state index contributed by atoms with van der Waals surface area (Å²) in [6.45, 7) is 0. The summed E-state index contributed by atoms with van der Waals surface area (Å²) in [4.78, 5) is 0. The molecule has 2 aromatic rings. The van der Waals surface area contributed by atoms with Crippen LogP contribution in [0, 0.1) is 0 Å². The molecule has 132 valence electrons. The summed E-state index contributed by atoms with van der Waals surface area (Å²) in [5.41, 5.74) is 8.73. The Balaban J connectivity index is 0.00000144. The Labute approximate surface area is 159 Å². The molecule has 0 bridgehead atoms. The van der Waals surface area contributed by atoms with Crippen molar-refractivity contribution < 1.29 is 24.8 Å². The van der Waals surface area contributed by atoms with E-state index in [-0.39, 0.29) is 24.8 Å². The molecule has 1 aliphatic rings. The third-order valence-electron chi connectivity index (χ3n) is 4.69. The van der Waals surface area contributed by atoms with Gasteiger partial charge in [0, 0.05) is 12.1 Å². The van der Waals surface area contributed by atoms with Crippen molar-refractivity contribution in [2.24, 2.45) is 0 Å². The summed E-state index contributed by atoms with van der Waals surface area (Å²) in [7, 11) is 13.4. The number of hydrogen-bond donors (Lipinski definition) is 0. The highest BCUT2D eigenvalue weighted by Gasteiger charge is 2.22. The van der Waals surface area contributed by atoms with Gasteiger partial charge >= 0.3 is 0 Å². The maximum Gasteiger partial charge on any atom is 0.132 e. The van der Waals surface area contributed by atoms with Gasteiger partial charge in [-0.3, -0.25) is 8.97 Å². The number of hydrogen-bond acceptors (Lipinski definition) is 0. The second-order valence-corrected chi connectivity index (χ2v) is 8.28. The van der Waals surface area contributed by atoms with E-state index in [1.54, 1.807) is 0 Å². The smallest absolute Gasteiger partial charge is 0.132 e. The molecule has 0 saturated carbocycles. The van der Waals surface area contributed by atoms with Crippen molar-refractivity contribution >= 4 is 11.4 Å². The Morgan fingerprint density at radius 2 is 0.875 bits per heavy atom. The second kappa shape index (κ2) is 7.05. The molecule has 0 unspecified atom stereocenters. The zero-order valence-electron chi connectivity index (χ0n) is 15.5. The molecule has 2 nitrogen and oxygen atoms in total. The van der Waals surface area contributed by atoms with Crippen molar-refractivity contribution in [1.29, 1.82) is 0 Å². The first kappa shape index (κ1) is 21.0. The highest BCUT2D eigenvalue weighted by Crippen LogP contribution is 2.33. The Kier molecular flexibility index (Phi) is 6.16. The normalized spacial score (nSPS) is 13.2. The number of fused-ring (bicyclic) bond motifs is 2. The van der Waals surface area contributed by atoms with Crippen LogP contribution in [0.25, 0.3) is 0 Å². The molecule has 0 saturated heterocycles. The van der Waals surface area contributed by atoms with Gasteiger partial charge in [-0.2, -0.15) is 0 Å². The average Bonchev–Trinajstić information content (AvgIpc) is 2.41. The van der Waals surface area contributed by atoms with Gasteiger partial charge in [0.1, 0.15) is 11.4 Å². The predicted molar refractivity (Wildman–Crippen MR) is 97.6 cm³/mol. The van der Waals surface area contributed by atoms with Gasteiger partial charge < -0.3 is 24.8 Å². The van der Waals surface area contributed by atoms with Gasteiger partial charge in [0.2, 0.25) is 0 Å². The zero-order valence-corrected chi connectivity index (χ0v) is 17.0. The quantitative estimate of drug-likeness (QED) is 0.443. The fraction of sp³-hybridized carbons (Fsp3) is 0.400. The maximum atomic E-state index is 2.40. The lowest BCUT2D eigenvalue weighted by Gasteiger charge is -2.28. The molecule has 0 radical (unpaired) electrons. The van der Waals surface area contributed by atoms with Gasteiger partial charge in [-0.15, -0.1) is 0 Å². The number of rotatable bonds is 2. The van der Waals surface area contributed by atoms with Crippen LogP contribution in [0.4, 0.5) is 11.4 Å². The van der Waals surface area contributed by atoms with E-state index in [9.17, 15) is 0 Å². The first-order valence-corrected chi connectivity index (χ1v) is 8.02. The Hall–Kier alpha value is -1.06. The van der Waals surface area contributed by atoms with E-state index in [0.717, 1.165) is 21.8 Å². The summed E-state index contributed by atoms with van der Waals surface area (Å²) < 4.78 is 1.75. The predicted octanol–water partition coefficient (Wildman–Crippen LogP) is -2.42. The van der Waals surface area contributed by atoms with Crippen LogP contribution in [-0.2, 0) is 12.8 Å². The highest BCUT2D eigenvalue weighted by atomic mass is 35.5. The molecule has 0 amide bonds. The van der Waals surface area contributed by atoms with Crippen LogP contribution in [0.15, 0.2) is 36.4 Å². The van der Waals surface area contributed by atoms with E-state index in [1.165, 1.54) is 33.6 Å². The van der Waals surface area contributed by atoms with E-state index in [2.05, 4.69) is 78.7 Å². The van der Waals surface area contributed by atoms with Crippen LogP contribution in [0.5, 0.6) is 0 Å². The van der Waals surface area contributed by atoms with Crippen molar-refractivity contribution in [3.63, 3.8) is 0 Å². The number of halogens is 2. The summed E-state index contributed by atoms with van der Waals surface area (Å²) >= 11 is 0. The highest BCUT2D eigenvalue weighted by molar-refractivity contribution is 5.56. The molecule has 24 heavy (non-hydrogen) atoms. The van der Waals surface area contributed by atoms with Gasteiger partial charge in [-0.1, -0.05) is 12.1 Å². The van der Waals surface area contributed by atoms with Gasteiger partial charge in [-0.05, 0) is 47.2 Å². The minimum absolute atomic E-state index is 0. The fourth-order valence-electron chi connectivity index (χ4n) is 3.14. The molecule has 2 aromatic carbocycles. The first-order valence-electron chi connectivity index (χ1n) is 8.02. The van der Waals surface area contributed by atoms with Crippen molar-refractivity contribution in [1.82, 2.24) is 8.97 Å². The largest absolute Gasteiger partial charge is 1.00 e. The van der Waals surface area contributed by atoms with Crippen LogP contribution < -0.4 is 33.8 Å². The molecule has 0 aromatic heterocycles. The fourth-order valence-corrected chi connectivity index (χ4v) is 3.14. The van der Waals surface area contributed by atoms with Crippen molar-refractivity contribution in [2.75, 3.05) is 42.3 Å². The van der Waals surface area contributed by atoms with Crippen LogP contribution in [-0.4, -0.2) is 42.3 Å². The topological polar surface area (TPSA) is 0 Å². The van der Waals surface area contributed by atoms with E-state index in [0.29, 0.717) is 0 Å². The molecule has 0 aliphatic heterocycles. The van der Waals surface area contributed by atoms with Crippen molar-refractivity contribution in [2.45, 2.75) is 12.8 Å². The van der Waals surface area contributed by atoms with Crippen LogP contribution in [0.1, 0.15) is 22.3 Å². The molecule has 0 spiro atoms. The van der Waals surface area contributed by atoms with Gasteiger partial charge in [-0.25, -0.2) is 0 Å². The lowest BCUT2D eigenvalue weighted by molar-refractivity contribution is -0.00100. The molecule has 0 fully saturated rings. The van der Waals surface area contributed by atoms with E-state index >= 15 is 0 Å². The van der Waals surface area contributed by atoms with Gasteiger partial charge in [0.15, 0.2) is 0 Å². The molecular weight excluding hydrogens is 339 g/mol. The molecular formula is C20H28Cl2N2. The summed E-state index contributed by atoms with van der Waals surface area (Å²) in [6.07, 6.45) is 2.13. The standard InChI is InChI=1S/C20H28N2.2ClH/c1-21(2,3)19-9-7-15-11-16-8-10-20(22(4,5)6)14-18(16)12-17(15)13-19;;/h7-10,13-14H,11-12H2,1-6H3;2*1H/q+2;;/p-2. The minimum Gasteiger partial charge on any atom is -1.00 e. The summed E-state index contributed by atoms with van der Waals surface area (Å²) in [5.74, 6) is 0. The lowest BCUT2D eigenvalue weighted by Crippen LogP contribution is -3.00. The van der Waals surface area contributed by atoms with Gasteiger partial charge in [0.25, 0.3) is 0 Å². The van der Waals surface area contributed by atoms with Crippen LogP contribution >= 0.6 is 0 Å². The Morgan fingerprint density at radius 3 is 1.21 bits per heavy atom.